The molecular formula is C25H31N5O5. The molecule has 4 amide bonds. The van der Waals surface area contributed by atoms with Crippen molar-refractivity contribution in [3.8, 4) is 0 Å². The van der Waals surface area contributed by atoms with E-state index in [1.54, 1.807) is 39.0 Å². The average molecular weight is 482 g/mol. The smallest absolute Gasteiger partial charge is 0.290 e. The lowest BCUT2D eigenvalue weighted by Gasteiger charge is -2.27. The van der Waals surface area contributed by atoms with E-state index in [1.807, 2.05) is 18.2 Å². The van der Waals surface area contributed by atoms with Crippen molar-refractivity contribution in [2.75, 3.05) is 13.1 Å². The molecule has 0 spiro atoms. The van der Waals surface area contributed by atoms with Crippen molar-refractivity contribution in [2.45, 2.75) is 51.6 Å². The first-order chi connectivity index (χ1) is 16.5. The highest BCUT2D eigenvalue weighted by atomic mass is 16.2. The number of aromatic nitrogens is 1. The van der Waals surface area contributed by atoms with Crippen LogP contribution in [-0.4, -0.2) is 59.1 Å². The standard InChI is InChI=1S/C25H31N5O5/c1-25(2,3)30-24(35)21(32)19(13-16-8-6-12-26-22(16)33)29-20(31)14-27-23(34)18-11-10-15-7-4-5-9-17(15)28-18/h4-5,7,9-11,16,19H,6,8,12-14H2,1-3H3,(H,26,33)(H,27,34)(H,29,31)(H,30,35). The zero-order valence-electron chi connectivity index (χ0n) is 20.1. The number of para-hydroxylation sites is 1. The Morgan fingerprint density at radius 3 is 2.57 bits per heavy atom. The SMILES string of the molecule is CC(C)(C)NC(=O)C(=O)C(CC1CCCNC1=O)NC(=O)CNC(=O)c1ccc2ccccc2n1. The lowest BCUT2D eigenvalue weighted by molar-refractivity contribution is -0.141. The molecule has 10 heteroatoms. The topological polar surface area (TPSA) is 146 Å². The first-order valence-electron chi connectivity index (χ1n) is 11.6. The van der Waals surface area contributed by atoms with E-state index in [0.29, 0.717) is 18.5 Å². The van der Waals surface area contributed by atoms with Gasteiger partial charge in [0.25, 0.3) is 11.8 Å². The molecule has 2 aromatic rings. The maximum absolute atomic E-state index is 12.9. The number of amides is 4. The van der Waals surface area contributed by atoms with Crippen LogP contribution >= 0.6 is 0 Å². The highest BCUT2D eigenvalue weighted by molar-refractivity contribution is 6.38. The molecule has 0 bridgehead atoms. The second-order valence-corrected chi connectivity index (χ2v) is 9.63. The number of fused-ring (bicyclic) bond motifs is 1. The Hall–Kier alpha value is -3.82. The van der Waals surface area contributed by atoms with Crippen LogP contribution < -0.4 is 21.3 Å². The van der Waals surface area contributed by atoms with Crippen molar-refractivity contribution in [1.82, 2.24) is 26.3 Å². The number of nitrogens with one attached hydrogen (secondary N) is 4. The largest absolute Gasteiger partial charge is 0.356 e. The van der Waals surface area contributed by atoms with E-state index in [4.69, 9.17) is 0 Å². The van der Waals surface area contributed by atoms with Gasteiger partial charge in [0.05, 0.1) is 18.1 Å². The average Bonchev–Trinajstić information content (AvgIpc) is 2.81. The van der Waals surface area contributed by atoms with Gasteiger partial charge in [-0.2, -0.15) is 0 Å². The highest BCUT2D eigenvalue weighted by Gasteiger charge is 2.34. The summed E-state index contributed by atoms with van der Waals surface area (Å²) in [5.41, 5.74) is 0.142. The van der Waals surface area contributed by atoms with Crippen LogP contribution in [0.15, 0.2) is 36.4 Å². The summed E-state index contributed by atoms with van der Waals surface area (Å²) < 4.78 is 0. The molecule has 4 N–H and O–H groups in total. The summed E-state index contributed by atoms with van der Waals surface area (Å²) in [7, 11) is 0. The number of piperidine rings is 1. The van der Waals surface area contributed by atoms with E-state index >= 15 is 0 Å². The second kappa shape index (κ2) is 11.1. The number of nitrogens with zero attached hydrogens (tertiary/aromatic N) is 1. The number of hydrogen-bond donors (Lipinski definition) is 4. The quantitative estimate of drug-likeness (QED) is 0.411. The molecule has 1 aromatic heterocycles. The van der Waals surface area contributed by atoms with Gasteiger partial charge in [-0.25, -0.2) is 4.98 Å². The van der Waals surface area contributed by atoms with Gasteiger partial charge >= 0.3 is 0 Å². The Morgan fingerprint density at radius 2 is 1.86 bits per heavy atom. The molecular weight excluding hydrogens is 450 g/mol. The van der Waals surface area contributed by atoms with E-state index in [-0.39, 0.29) is 18.0 Å². The first kappa shape index (κ1) is 25.8. The summed E-state index contributed by atoms with van der Waals surface area (Å²) in [6.07, 6.45) is 1.29. The minimum Gasteiger partial charge on any atom is -0.356 e. The number of Topliss-reactive ketones (excluding diaryl/α,β-unsaturated/α-hetero) is 1. The summed E-state index contributed by atoms with van der Waals surface area (Å²) in [6.45, 7) is 5.33. The predicted octanol–water partition coefficient (Wildman–Crippen LogP) is 0.850. The number of pyridine rings is 1. The van der Waals surface area contributed by atoms with Crippen molar-refractivity contribution < 1.29 is 24.0 Å². The monoisotopic (exact) mass is 481 g/mol. The van der Waals surface area contributed by atoms with E-state index in [0.717, 1.165) is 11.8 Å². The van der Waals surface area contributed by atoms with E-state index in [2.05, 4.69) is 26.3 Å². The maximum Gasteiger partial charge on any atom is 0.290 e. The predicted molar refractivity (Wildman–Crippen MR) is 129 cm³/mol. The van der Waals surface area contributed by atoms with Gasteiger partial charge in [0, 0.05) is 23.4 Å². The fourth-order valence-corrected chi connectivity index (χ4v) is 3.83. The Labute approximate surface area is 203 Å². The lowest BCUT2D eigenvalue weighted by atomic mass is 9.89. The molecule has 1 aromatic carbocycles. The number of ketones is 1. The van der Waals surface area contributed by atoms with Crippen LogP contribution in [0.3, 0.4) is 0 Å². The number of carbonyl (C=O) groups is 5. The van der Waals surface area contributed by atoms with Gasteiger partial charge in [-0.3, -0.25) is 24.0 Å². The molecule has 1 saturated heterocycles. The van der Waals surface area contributed by atoms with Crippen molar-refractivity contribution in [1.29, 1.82) is 0 Å². The summed E-state index contributed by atoms with van der Waals surface area (Å²) in [6, 6.07) is 9.44. The van der Waals surface area contributed by atoms with Gasteiger partial charge in [-0.15, -0.1) is 0 Å². The van der Waals surface area contributed by atoms with Crippen LogP contribution in [0.1, 0.15) is 50.5 Å². The van der Waals surface area contributed by atoms with E-state index in [1.165, 1.54) is 0 Å². The number of hydrogen-bond acceptors (Lipinski definition) is 6. The van der Waals surface area contributed by atoms with Crippen LogP contribution in [0.2, 0.25) is 0 Å². The zero-order valence-corrected chi connectivity index (χ0v) is 20.1. The lowest BCUT2D eigenvalue weighted by Crippen LogP contribution is -2.54. The molecule has 2 atom stereocenters. The fourth-order valence-electron chi connectivity index (χ4n) is 3.83. The molecule has 186 valence electrons. The number of rotatable bonds is 8. The molecule has 2 unspecified atom stereocenters. The molecule has 1 aliphatic heterocycles. The molecule has 35 heavy (non-hydrogen) atoms. The van der Waals surface area contributed by atoms with Crippen LogP contribution in [0, 0.1) is 5.92 Å². The van der Waals surface area contributed by atoms with Gasteiger partial charge in [0.15, 0.2) is 0 Å². The number of carbonyl (C=O) groups excluding carboxylic acids is 5. The highest BCUT2D eigenvalue weighted by Crippen LogP contribution is 2.18. The molecule has 0 saturated carbocycles. The van der Waals surface area contributed by atoms with Crippen LogP contribution in [-0.2, 0) is 19.2 Å². The summed E-state index contributed by atoms with van der Waals surface area (Å²) in [4.78, 5) is 66.9. The molecule has 2 heterocycles. The summed E-state index contributed by atoms with van der Waals surface area (Å²) >= 11 is 0. The Bertz CT molecular complexity index is 1140. The molecule has 10 nitrogen and oxygen atoms in total. The minimum absolute atomic E-state index is 0.00581. The Kier molecular flexibility index (Phi) is 8.16. The van der Waals surface area contributed by atoms with Crippen LogP contribution in [0.5, 0.6) is 0 Å². The zero-order chi connectivity index (χ0) is 25.6. The van der Waals surface area contributed by atoms with Gasteiger partial charge < -0.3 is 21.3 Å². The van der Waals surface area contributed by atoms with E-state index < -0.39 is 47.5 Å². The minimum atomic E-state index is -1.20. The Morgan fingerprint density at radius 1 is 1.11 bits per heavy atom. The normalized spacial score (nSPS) is 16.7. The third kappa shape index (κ3) is 7.33. The summed E-state index contributed by atoms with van der Waals surface area (Å²) in [5, 5.41) is 11.2. The van der Waals surface area contributed by atoms with Gasteiger partial charge in [-0.05, 0) is 52.2 Å². The summed E-state index contributed by atoms with van der Waals surface area (Å²) in [5.74, 6) is -3.60. The maximum atomic E-state index is 12.9. The molecule has 1 fully saturated rings. The second-order valence-electron chi connectivity index (χ2n) is 9.63. The molecule has 0 aliphatic carbocycles. The van der Waals surface area contributed by atoms with Crippen molar-refractivity contribution >= 4 is 40.3 Å². The Balaban J connectivity index is 1.65. The van der Waals surface area contributed by atoms with Crippen LogP contribution in [0.25, 0.3) is 10.9 Å². The van der Waals surface area contributed by atoms with Crippen molar-refractivity contribution in [3.63, 3.8) is 0 Å². The third-order valence-corrected chi connectivity index (χ3v) is 5.52. The van der Waals surface area contributed by atoms with Crippen molar-refractivity contribution in [3.05, 3.63) is 42.1 Å². The van der Waals surface area contributed by atoms with Gasteiger partial charge in [0.1, 0.15) is 5.69 Å². The third-order valence-electron chi connectivity index (χ3n) is 5.52. The molecule has 0 radical (unpaired) electrons. The van der Waals surface area contributed by atoms with E-state index in [9.17, 15) is 24.0 Å². The molecule has 1 aliphatic rings. The fraction of sp³-hybridized carbons (Fsp3) is 0.440. The number of benzene rings is 1. The molecule has 3 rings (SSSR count). The van der Waals surface area contributed by atoms with Crippen LogP contribution in [0.4, 0.5) is 0 Å². The van der Waals surface area contributed by atoms with Gasteiger partial charge in [-0.1, -0.05) is 24.3 Å². The van der Waals surface area contributed by atoms with Gasteiger partial charge in [0.2, 0.25) is 17.6 Å². The first-order valence-corrected chi connectivity index (χ1v) is 11.6. The van der Waals surface area contributed by atoms with Crippen molar-refractivity contribution in [2.24, 2.45) is 5.92 Å².